The minimum absolute atomic E-state index is 0.0822. The zero-order valence-corrected chi connectivity index (χ0v) is 11.2. The predicted molar refractivity (Wildman–Crippen MR) is 70.7 cm³/mol. The smallest absolute Gasteiger partial charge is 0.234 e. The minimum Gasteiger partial charge on any atom is -0.355 e. The Kier molecular flexibility index (Phi) is 5.97. The summed E-state index contributed by atoms with van der Waals surface area (Å²) in [6, 6.07) is 6.23. The molecule has 1 N–H and O–H groups in total. The van der Waals surface area contributed by atoms with Crippen molar-refractivity contribution in [1.29, 1.82) is 5.26 Å². The van der Waals surface area contributed by atoms with Gasteiger partial charge in [-0.2, -0.15) is 5.26 Å². The number of benzene rings is 1. The van der Waals surface area contributed by atoms with E-state index in [1.54, 1.807) is 0 Å². The second-order valence-electron chi connectivity index (χ2n) is 4.17. The van der Waals surface area contributed by atoms with Gasteiger partial charge in [-0.15, -0.1) is 0 Å². The van der Waals surface area contributed by atoms with E-state index in [0.29, 0.717) is 30.8 Å². The van der Waals surface area contributed by atoms with Gasteiger partial charge in [0.05, 0.1) is 18.2 Å². The normalized spacial score (nSPS) is 10.3. The second kappa shape index (κ2) is 7.49. The van der Waals surface area contributed by atoms with Gasteiger partial charge in [0.2, 0.25) is 5.91 Å². The number of nitrogens with one attached hydrogen (secondary N) is 1. The molecule has 0 heterocycles. The molecule has 1 rings (SSSR count). The molecule has 0 aromatic heterocycles. The predicted octanol–water partition coefficient (Wildman–Crippen LogP) is 1.66. The van der Waals surface area contributed by atoms with Gasteiger partial charge in [-0.05, 0) is 31.7 Å². The van der Waals surface area contributed by atoms with Gasteiger partial charge in [-0.25, -0.2) is 4.39 Å². The van der Waals surface area contributed by atoms with Crippen LogP contribution in [0.1, 0.15) is 25.0 Å². The van der Waals surface area contributed by atoms with E-state index in [-0.39, 0.29) is 18.3 Å². The van der Waals surface area contributed by atoms with Gasteiger partial charge in [0.15, 0.2) is 0 Å². The van der Waals surface area contributed by atoms with Gasteiger partial charge < -0.3 is 5.32 Å². The lowest BCUT2D eigenvalue weighted by Crippen LogP contribution is -2.36. The molecule has 0 saturated heterocycles. The van der Waals surface area contributed by atoms with Gasteiger partial charge in [0, 0.05) is 18.7 Å². The number of nitrogens with zero attached hydrogens (tertiary/aromatic N) is 2. The van der Waals surface area contributed by atoms with Gasteiger partial charge in [0.25, 0.3) is 0 Å². The molecule has 0 aliphatic heterocycles. The summed E-state index contributed by atoms with van der Waals surface area (Å²) in [6.45, 7) is 5.51. The van der Waals surface area contributed by atoms with Crippen LogP contribution in [-0.2, 0) is 11.3 Å². The lowest BCUT2D eigenvalue weighted by molar-refractivity contribution is -0.122. The number of amides is 1. The summed E-state index contributed by atoms with van der Waals surface area (Å²) < 4.78 is 13.7. The Morgan fingerprint density at radius 1 is 1.47 bits per heavy atom. The van der Waals surface area contributed by atoms with Crippen LogP contribution in [-0.4, -0.2) is 30.4 Å². The lowest BCUT2D eigenvalue weighted by Gasteiger charge is -2.20. The van der Waals surface area contributed by atoms with E-state index < -0.39 is 0 Å². The van der Waals surface area contributed by atoms with E-state index in [0.717, 1.165) is 0 Å². The molecule has 0 atom stereocenters. The molecule has 0 spiro atoms. The summed E-state index contributed by atoms with van der Waals surface area (Å²) in [6.07, 6.45) is 0. The van der Waals surface area contributed by atoms with Crippen molar-refractivity contribution in [3.63, 3.8) is 0 Å². The highest BCUT2D eigenvalue weighted by Gasteiger charge is 2.12. The van der Waals surface area contributed by atoms with Crippen molar-refractivity contribution in [3.8, 4) is 6.07 Å². The molecule has 0 unspecified atom stereocenters. The van der Waals surface area contributed by atoms with Gasteiger partial charge >= 0.3 is 0 Å². The van der Waals surface area contributed by atoms with E-state index in [2.05, 4.69) is 5.32 Å². The number of halogens is 1. The maximum absolute atomic E-state index is 13.7. The van der Waals surface area contributed by atoms with E-state index >= 15 is 0 Å². The number of hydrogen-bond donors (Lipinski definition) is 1. The fourth-order valence-corrected chi connectivity index (χ4v) is 1.74. The summed E-state index contributed by atoms with van der Waals surface area (Å²) in [7, 11) is 0. The van der Waals surface area contributed by atoms with Crippen LogP contribution < -0.4 is 5.32 Å². The minimum atomic E-state index is -0.353. The first kappa shape index (κ1) is 15.1. The Morgan fingerprint density at radius 2 is 2.21 bits per heavy atom. The molecular weight excluding hydrogens is 245 g/mol. The molecule has 0 radical (unpaired) electrons. The highest BCUT2D eigenvalue weighted by Crippen LogP contribution is 2.12. The average molecular weight is 263 g/mol. The SMILES string of the molecule is CCNC(=O)CN(CC)Cc1cc(C#N)ccc1F. The summed E-state index contributed by atoms with van der Waals surface area (Å²) in [5, 5.41) is 11.5. The van der Waals surface area contributed by atoms with E-state index in [1.165, 1.54) is 18.2 Å². The zero-order chi connectivity index (χ0) is 14.3. The maximum Gasteiger partial charge on any atom is 0.234 e. The Balaban J connectivity index is 2.75. The van der Waals surface area contributed by atoms with Crippen LogP contribution in [0.4, 0.5) is 4.39 Å². The highest BCUT2D eigenvalue weighted by molar-refractivity contribution is 5.77. The standard InChI is InChI=1S/C14H18FN3O/c1-3-17-14(19)10-18(4-2)9-12-7-11(8-16)5-6-13(12)15/h5-7H,3-4,9-10H2,1-2H3,(H,17,19). The summed E-state index contributed by atoms with van der Waals surface area (Å²) in [4.78, 5) is 13.3. The molecule has 19 heavy (non-hydrogen) atoms. The maximum atomic E-state index is 13.7. The third kappa shape index (κ3) is 4.68. The Morgan fingerprint density at radius 3 is 2.79 bits per heavy atom. The van der Waals surface area contributed by atoms with Crippen molar-refractivity contribution >= 4 is 5.91 Å². The van der Waals surface area contributed by atoms with Crippen molar-refractivity contribution in [2.45, 2.75) is 20.4 Å². The van der Waals surface area contributed by atoms with Crippen LogP contribution in [0, 0.1) is 17.1 Å². The quantitative estimate of drug-likeness (QED) is 0.849. The molecule has 0 aliphatic carbocycles. The molecule has 0 fully saturated rings. The number of likely N-dealkylation sites (N-methyl/N-ethyl adjacent to an activating group) is 2. The third-order valence-electron chi connectivity index (χ3n) is 2.76. The number of rotatable bonds is 6. The van der Waals surface area contributed by atoms with Gasteiger partial charge in [-0.1, -0.05) is 6.92 Å². The second-order valence-corrected chi connectivity index (χ2v) is 4.17. The fraction of sp³-hybridized carbons (Fsp3) is 0.429. The van der Waals surface area contributed by atoms with Crippen LogP contribution in [0.25, 0.3) is 0 Å². The summed E-state index contributed by atoms with van der Waals surface area (Å²) >= 11 is 0. The van der Waals surface area contributed by atoms with E-state index in [4.69, 9.17) is 5.26 Å². The first-order chi connectivity index (χ1) is 9.10. The summed E-state index contributed by atoms with van der Waals surface area (Å²) in [5.74, 6) is -0.436. The molecule has 0 aliphatic rings. The molecule has 4 nitrogen and oxygen atoms in total. The largest absolute Gasteiger partial charge is 0.355 e. The third-order valence-corrected chi connectivity index (χ3v) is 2.76. The molecule has 102 valence electrons. The van der Waals surface area contributed by atoms with Crippen molar-refractivity contribution in [1.82, 2.24) is 10.2 Å². The molecule has 5 heteroatoms. The lowest BCUT2D eigenvalue weighted by atomic mass is 10.1. The first-order valence-corrected chi connectivity index (χ1v) is 6.28. The van der Waals surface area contributed by atoms with Crippen LogP contribution in [0.3, 0.4) is 0 Å². The average Bonchev–Trinajstić information content (AvgIpc) is 2.40. The number of carbonyl (C=O) groups is 1. The molecular formula is C14H18FN3O. The Bertz CT molecular complexity index is 482. The zero-order valence-electron chi connectivity index (χ0n) is 11.2. The van der Waals surface area contributed by atoms with Crippen LogP contribution in [0.5, 0.6) is 0 Å². The van der Waals surface area contributed by atoms with Crippen molar-refractivity contribution < 1.29 is 9.18 Å². The van der Waals surface area contributed by atoms with E-state index in [1.807, 2.05) is 24.8 Å². The van der Waals surface area contributed by atoms with Crippen LogP contribution in [0.15, 0.2) is 18.2 Å². The molecule has 0 bridgehead atoms. The molecule has 1 amide bonds. The van der Waals surface area contributed by atoms with Crippen molar-refractivity contribution in [2.75, 3.05) is 19.6 Å². The van der Waals surface area contributed by atoms with Crippen molar-refractivity contribution in [3.05, 3.63) is 35.1 Å². The molecule has 1 aromatic carbocycles. The van der Waals surface area contributed by atoms with Gasteiger partial charge in [-0.3, -0.25) is 9.69 Å². The fourth-order valence-electron chi connectivity index (χ4n) is 1.74. The Labute approximate surface area is 112 Å². The summed E-state index contributed by atoms with van der Waals surface area (Å²) in [5.41, 5.74) is 0.857. The number of carbonyl (C=O) groups excluding carboxylic acids is 1. The molecule has 0 saturated carbocycles. The van der Waals surface area contributed by atoms with E-state index in [9.17, 15) is 9.18 Å². The number of nitriles is 1. The Hall–Kier alpha value is -1.93. The number of hydrogen-bond acceptors (Lipinski definition) is 3. The van der Waals surface area contributed by atoms with Crippen LogP contribution >= 0.6 is 0 Å². The topological polar surface area (TPSA) is 56.1 Å². The van der Waals surface area contributed by atoms with Crippen molar-refractivity contribution in [2.24, 2.45) is 0 Å². The monoisotopic (exact) mass is 263 g/mol. The van der Waals surface area contributed by atoms with Crippen LogP contribution in [0.2, 0.25) is 0 Å². The van der Waals surface area contributed by atoms with Gasteiger partial charge in [0.1, 0.15) is 5.82 Å². The molecule has 1 aromatic rings. The highest BCUT2D eigenvalue weighted by atomic mass is 19.1. The first-order valence-electron chi connectivity index (χ1n) is 6.28.